The van der Waals surface area contributed by atoms with Crippen molar-refractivity contribution < 1.29 is 4.79 Å². The molecule has 2 aliphatic rings. The monoisotopic (exact) mass is 244 g/mol. The molecule has 86 valence electrons. The van der Waals surface area contributed by atoms with Crippen molar-refractivity contribution in [1.29, 1.82) is 0 Å². The molecule has 3 nitrogen and oxygen atoms in total. The third-order valence-electron chi connectivity index (χ3n) is 3.02. The third kappa shape index (κ3) is 1.74. The maximum absolute atomic E-state index is 11.7. The molecule has 1 aliphatic heterocycles. The van der Waals surface area contributed by atoms with E-state index in [4.69, 9.17) is 0 Å². The van der Waals surface area contributed by atoms with Crippen molar-refractivity contribution in [1.82, 2.24) is 5.43 Å². The Labute approximate surface area is 104 Å². The zero-order valence-electron chi connectivity index (χ0n) is 9.38. The van der Waals surface area contributed by atoms with Gasteiger partial charge in [0.15, 0.2) is 0 Å². The Bertz CT molecular complexity index is 554. The molecule has 1 N–H and O–H groups in total. The fourth-order valence-electron chi connectivity index (χ4n) is 2.17. The minimum atomic E-state index is -0.116. The van der Waals surface area contributed by atoms with Gasteiger partial charge in [-0.05, 0) is 23.9 Å². The second kappa shape index (κ2) is 3.96. The van der Waals surface area contributed by atoms with Gasteiger partial charge in [0.2, 0.25) is 5.91 Å². The van der Waals surface area contributed by atoms with E-state index in [-0.39, 0.29) is 17.7 Å². The van der Waals surface area contributed by atoms with E-state index < -0.39 is 0 Å². The number of nitrogens with zero attached hydrogens (tertiary/aromatic N) is 1. The van der Waals surface area contributed by atoms with Crippen molar-refractivity contribution in [3.8, 4) is 0 Å². The number of amides is 1. The lowest BCUT2D eigenvalue weighted by Gasteiger charge is -2.27. The smallest absolute Gasteiger partial charge is 0.248 e. The summed E-state index contributed by atoms with van der Waals surface area (Å²) in [6.07, 6.45) is 7.89. The Morgan fingerprint density at radius 1 is 1.29 bits per heavy atom. The van der Waals surface area contributed by atoms with Gasteiger partial charge in [0.05, 0.1) is 16.5 Å². The van der Waals surface area contributed by atoms with Crippen LogP contribution in [0.4, 0.5) is 0 Å². The molecule has 0 aromatic carbocycles. The Balaban J connectivity index is 2.02. The highest BCUT2D eigenvalue weighted by Gasteiger charge is 2.34. The van der Waals surface area contributed by atoms with E-state index in [1.54, 1.807) is 11.3 Å². The van der Waals surface area contributed by atoms with Crippen molar-refractivity contribution in [2.24, 2.45) is 16.9 Å². The van der Waals surface area contributed by atoms with Crippen LogP contribution < -0.4 is 5.43 Å². The summed E-state index contributed by atoms with van der Waals surface area (Å²) in [5, 5.41) is 6.32. The summed E-state index contributed by atoms with van der Waals surface area (Å²) in [4.78, 5) is 12.8. The quantitative estimate of drug-likeness (QED) is 0.808. The molecule has 0 fully saturated rings. The van der Waals surface area contributed by atoms with Crippen molar-refractivity contribution in [3.05, 3.63) is 46.2 Å². The van der Waals surface area contributed by atoms with Crippen molar-refractivity contribution in [2.45, 2.75) is 6.92 Å². The molecule has 0 saturated heterocycles. The third-order valence-corrected chi connectivity index (χ3v) is 4.09. The Hall–Kier alpha value is -1.68. The average molecular weight is 244 g/mol. The lowest BCUT2D eigenvalue weighted by atomic mass is 9.82. The number of hydrogen-bond donors (Lipinski definition) is 1. The summed E-state index contributed by atoms with van der Waals surface area (Å²) in [6, 6.07) is 2.12. The van der Waals surface area contributed by atoms with E-state index >= 15 is 0 Å². The van der Waals surface area contributed by atoms with Crippen LogP contribution in [0, 0.1) is 18.8 Å². The first kappa shape index (κ1) is 10.5. The predicted molar refractivity (Wildman–Crippen MR) is 69.0 cm³/mol. The van der Waals surface area contributed by atoms with Gasteiger partial charge in [-0.2, -0.15) is 5.10 Å². The number of hydrazone groups is 1. The van der Waals surface area contributed by atoms with Crippen LogP contribution in [-0.4, -0.2) is 11.6 Å². The number of thiophene rings is 1. The molecule has 3 rings (SSSR count). The van der Waals surface area contributed by atoms with Gasteiger partial charge in [0, 0.05) is 5.92 Å². The molecule has 17 heavy (non-hydrogen) atoms. The lowest BCUT2D eigenvalue weighted by molar-refractivity contribution is -0.124. The van der Waals surface area contributed by atoms with Crippen molar-refractivity contribution >= 4 is 23.0 Å². The van der Waals surface area contributed by atoms with Gasteiger partial charge in [-0.3, -0.25) is 4.79 Å². The van der Waals surface area contributed by atoms with Gasteiger partial charge in [-0.1, -0.05) is 24.3 Å². The zero-order chi connectivity index (χ0) is 11.8. The molecular formula is C13H12N2OS. The number of hydrogen-bond acceptors (Lipinski definition) is 3. The Morgan fingerprint density at radius 2 is 2.06 bits per heavy atom. The first-order valence-corrected chi connectivity index (χ1v) is 6.41. The molecule has 1 amide bonds. The number of rotatable bonds is 1. The summed E-state index contributed by atoms with van der Waals surface area (Å²) in [5.41, 5.74) is 4.81. The minimum Gasteiger partial charge on any atom is -0.272 e. The highest BCUT2D eigenvalue weighted by Crippen LogP contribution is 2.29. The van der Waals surface area contributed by atoms with E-state index in [1.165, 1.54) is 5.56 Å². The molecule has 2 atom stereocenters. The molecule has 1 aromatic heterocycles. The van der Waals surface area contributed by atoms with Gasteiger partial charge in [-0.15, -0.1) is 11.3 Å². The maximum atomic E-state index is 11.7. The van der Waals surface area contributed by atoms with Crippen LogP contribution in [0.15, 0.2) is 40.9 Å². The van der Waals surface area contributed by atoms with Gasteiger partial charge in [0.1, 0.15) is 0 Å². The molecular weight excluding hydrogens is 232 g/mol. The molecule has 0 radical (unpaired) electrons. The van der Waals surface area contributed by atoms with Crippen molar-refractivity contribution in [2.75, 3.05) is 0 Å². The lowest BCUT2D eigenvalue weighted by Crippen LogP contribution is -2.40. The molecule has 4 heteroatoms. The van der Waals surface area contributed by atoms with Crippen LogP contribution in [0.25, 0.3) is 0 Å². The second-order valence-corrected chi connectivity index (χ2v) is 5.19. The van der Waals surface area contributed by atoms with E-state index in [2.05, 4.69) is 35.0 Å². The molecule has 0 bridgehead atoms. The van der Waals surface area contributed by atoms with Crippen LogP contribution in [0.3, 0.4) is 0 Å². The standard InChI is InChI=1S/C13H12N2OS/c1-8-6-11(17-7-8)12-9-4-2-3-5-10(9)13(16)15-14-12/h2-7,9-10H,1H3,(H,15,16)/t9-,10+/m0/s1. The molecule has 0 saturated carbocycles. The van der Waals surface area contributed by atoms with Crippen LogP contribution in [0.2, 0.25) is 0 Å². The maximum Gasteiger partial charge on any atom is 0.248 e. The number of nitrogens with one attached hydrogen (secondary N) is 1. The average Bonchev–Trinajstić information content (AvgIpc) is 2.77. The molecule has 2 heterocycles. The van der Waals surface area contributed by atoms with Gasteiger partial charge in [0.25, 0.3) is 0 Å². The van der Waals surface area contributed by atoms with Crippen LogP contribution in [-0.2, 0) is 4.79 Å². The van der Waals surface area contributed by atoms with Crippen LogP contribution >= 0.6 is 11.3 Å². The van der Waals surface area contributed by atoms with E-state index in [0.717, 1.165) is 10.6 Å². The van der Waals surface area contributed by atoms with E-state index in [1.807, 2.05) is 18.2 Å². The summed E-state index contributed by atoms with van der Waals surface area (Å²) in [7, 11) is 0. The SMILES string of the molecule is Cc1csc(C2=NNC(=O)[C@@H]3C=CC=C[C@H]23)c1. The summed E-state index contributed by atoms with van der Waals surface area (Å²) >= 11 is 1.67. The first-order chi connectivity index (χ1) is 8.25. The second-order valence-electron chi connectivity index (χ2n) is 4.28. The predicted octanol–water partition coefficient (Wildman–Crippen LogP) is 2.25. The normalized spacial score (nSPS) is 26.4. The summed E-state index contributed by atoms with van der Waals surface area (Å²) < 4.78 is 0. The topological polar surface area (TPSA) is 41.5 Å². The number of allylic oxidation sites excluding steroid dienone is 3. The number of aryl methyl sites for hydroxylation is 1. The summed E-state index contributed by atoms with van der Waals surface area (Å²) in [5.74, 6) is -0.0608. The minimum absolute atomic E-state index is 0.0207. The highest BCUT2D eigenvalue weighted by molar-refractivity contribution is 7.12. The number of carbonyl (C=O) groups excluding carboxylic acids is 1. The van der Waals surface area contributed by atoms with Gasteiger partial charge < -0.3 is 0 Å². The summed E-state index contributed by atoms with van der Waals surface area (Å²) in [6.45, 7) is 2.07. The Kier molecular flexibility index (Phi) is 2.44. The van der Waals surface area contributed by atoms with Gasteiger partial charge >= 0.3 is 0 Å². The highest BCUT2D eigenvalue weighted by atomic mass is 32.1. The van der Waals surface area contributed by atoms with Crippen LogP contribution in [0.1, 0.15) is 10.4 Å². The largest absolute Gasteiger partial charge is 0.272 e. The van der Waals surface area contributed by atoms with Crippen LogP contribution in [0.5, 0.6) is 0 Å². The molecule has 1 aliphatic carbocycles. The molecule has 1 aromatic rings. The molecule has 0 spiro atoms. The fraction of sp³-hybridized carbons (Fsp3) is 0.231. The fourth-order valence-corrected chi connectivity index (χ4v) is 3.11. The zero-order valence-corrected chi connectivity index (χ0v) is 10.2. The molecule has 0 unspecified atom stereocenters. The van der Waals surface area contributed by atoms with E-state index in [9.17, 15) is 4.79 Å². The van der Waals surface area contributed by atoms with Gasteiger partial charge in [-0.25, -0.2) is 5.43 Å². The van der Waals surface area contributed by atoms with E-state index in [0.29, 0.717) is 0 Å². The first-order valence-electron chi connectivity index (χ1n) is 5.53. The number of fused-ring (bicyclic) bond motifs is 1. The van der Waals surface area contributed by atoms with Crippen molar-refractivity contribution in [3.63, 3.8) is 0 Å². The number of carbonyl (C=O) groups is 1. The Morgan fingerprint density at radius 3 is 2.76 bits per heavy atom.